The Bertz CT molecular complexity index is 385. The van der Waals surface area contributed by atoms with E-state index in [2.05, 4.69) is 9.97 Å². The lowest BCUT2D eigenvalue weighted by atomic mass is 10.5. The average molecular weight is 262 g/mol. The maximum absolute atomic E-state index is 5.51. The molecule has 0 radical (unpaired) electrons. The maximum Gasteiger partial charge on any atom is 0.147 e. The summed E-state index contributed by atoms with van der Waals surface area (Å²) >= 11 is 16.5. The van der Waals surface area contributed by atoms with Gasteiger partial charge in [-0.25, -0.2) is 4.98 Å². The van der Waals surface area contributed by atoms with Gasteiger partial charge < -0.3 is 0 Å². The zero-order valence-electron chi connectivity index (χ0n) is 7.57. The van der Waals surface area contributed by atoms with E-state index in [4.69, 9.17) is 34.8 Å². The van der Waals surface area contributed by atoms with Crippen LogP contribution in [0.15, 0.2) is 42.9 Å². The molecule has 0 aliphatic heterocycles. The van der Waals surface area contributed by atoms with E-state index < -0.39 is 0 Å². The minimum Gasteiger partial charge on any atom is -0.263 e. The topological polar surface area (TPSA) is 25.8 Å². The monoisotopic (exact) mass is 260 g/mol. The van der Waals surface area contributed by atoms with Crippen molar-refractivity contribution in [3.8, 4) is 0 Å². The molecule has 2 aromatic heterocycles. The molecule has 78 valence electrons. The van der Waals surface area contributed by atoms with E-state index in [1.54, 1.807) is 42.9 Å². The molecule has 0 saturated heterocycles. The van der Waals surface area contributed by atoms with Crippen molar-refractivity contribution in [2.75, 3.05) is 0 Å². The summed E-state index contributed by atoms with van der Waals surface area (Å²) in [5, 5.41) is 1.53. The van der Waals surface area contributed by atoms with E-state index in [1.807, 2.05) is 0 Å². The summed E-state index contributed by atoms with van der Waals surface area (Å²) in [7, 11) is 0. The lowest BCUT2D eigenvalue weighted by Gasteiger charge is -1.87. The molecule has 0 atom stereocenters. The molecule has 5 heteroatoms. The first-order chi connectivity index (χ1) is 7.20. The van der Waals surface area contributed by atoms with E-state index in [1.165, 1.54) is 0 Å². The minimum atomic E-state index is 0.356. The van der Waals surface area contributed by atoms with Crippen molar-refractivity contribution in [3.05, 3.63) is 58.1 Å². The molecule has 0 N–H and O–H groups in total. The molecule has 2 rings (SSSR count). The van der Waals surface area contributed by atoms with Crippen molar-refractivity contribution in [2.24, 2.45) is 0 Å². The summed E-state index contributed by atoms with van der Waals surface area (Å²) in [6.45, 7) is 0. The van der Waals surface area contributed by atoms with Crippen molar-refractivity contribution >= 4 is 34.8 Å². The molecule has 0 amide bonds. The standard InChI is InChI=1S/C5H3Cl2N.C5H4ClN/c6-4-2-1-3-8-5(4)7;6-5-2-1-3-7-4-5/h1-3H;1-4H. The average Bonchev–Trinajstić information content (AvgIpc) is 2.25. The molecule has 0 fully saturated rings. The number of aromatic nitrogens is 2. The molecular formula is C10H7Cl3N2. The zero-order valence-corrected chi connectivity index (χ0v) is 9.84. The Morgan fingerprint density at radius 1 is 0.933 bits per heavy atom. The molecule has 0 aromatic carbocycles. The van der Waals surface area contributed by atoms with Crippen LogP contribution in [-0.4, -0.2) is 9.97 Å². The Morgan fingerprint density at radius 3 is 2.00 bits per heavy atom. The second kappa shape index (κ2) is 6.62. The number of hydrogen-bond donors (Lipinski definition) is 0. The summed E-state index contributed by atoms with van der Waals surface area (Å²) in [6, 6.07) is 7.00. The highest BCUT2D eigenvalue weighted by Crippen LogP contribution is 2.16. The fraction of sp³-hybridized carbons (Fsp3) is 0. The Labute approximate surface area is 103 Å². The smallest absolute Gasteiger partial charge is 0.147 e. The first kappa shape index (κ1) is 12.2. The van der Waals surface area contributed by atoms with E-state index in [0.717, 1.165) is 0 Å². The van der Waals surface area contributed by atoms with E-state index in [0.29, 0.717) is 15.2 Å². The van der Waals surface area contributed by atoms with Gasteiger partial charge in [-0.05, 0) is 24.3 Å². The van der Waals surface area contributed by atoms with Crippen LogP contribution in [0.4, 0.5) is 0 Å². The van der Waals surface area contributed by atoms with Crippen molar-refractivity contribution in [1.82, 2.24) is 9.97 Å². The van der Waals surface area contributed by atoms with Crippen LogP contribution < -0.4 is 0 Å². The van der Waals surface area contributed by atoms with E-state index in [9.17, 15) is 0 Å². The molecule has 0 bridgehead atoms. The lowest BCUT2D eigenvalue weighted by molar-refractivity contribution is 1.33. The SMILES string of the molecule is Clc1cccnc1.Clc1cccnc1Cl. The van der Waals surface area contributed by atoms with E-state index >= 15 is 0 Å². The van der Waals surface area contributed by atoms with Crippen molar-refractivity contribution in [2.45, 2.75) is 0 Å². The second-order valence-electron chi connectivity index (χ2n) is 2.45. The van der Waals surface area contributed by atoms with Gasteiger partial charge in [-0.2, -0.15) is 0 Å². The van der Waals surface area contributed by atoms with Gasteiger partial charge in [0, 0.05) is 18.6 Å². The van der Waals surface area contributed by atoms with Crippen LogP contribution in [0.1, 0.15) is 0 Å². The molecule has 15 heavy (non-hydrogen) atoms. The first-order valence-corrected chi connectivity index (χ1v) is 5.15. The van der Waals surface area contributed by atoms with E-state index in [-0.39, 0.29) is 0 Å². The molecule has 0 unspecified atom stereocenters. The third kappa shape index (κ3) is 4.98. The maximum atomic E-state index is 5.51. The Morgan fingerprint density at radius 2 is 1.67 bits per heavy atom. The second-order valence-corrected chi connectivity index (χ2v) is 3.65. The number of pyridine rings is 2. The number of halogens is 3. The Kier molecular flexibility index (Phi) is 5.40. The Balaban J connectivity index is 0.000000151. The minimum absolute atomic E-state index is 0.356. The van der Waals surface area contributed by atoms with Gasteiger partial charge >= 0.3 is 0 Å². The van der Waals surface area contributed by atoms with Crippen LogP contribution in [0.25, 0.3) is 0 Å². The normalized spacial score (nSPS) is 9.00. The molecular weight excluding hydrogens is 254 g/mol. The van der Waals surface area contributed by atoms with Crippen LogP contribution >= 0.6 is 34.8 Å². The number of hydrogen-bond acceptors (Lipinski definition) is 2. The molecule has 2 heterocycles. The van der Waals surface area contributed by atoms with Crippen molar-refractivity contribution in [1.29, 1.82) is 0 Å². The molecule has 2 aromatic rings. The van der Waals surface area contributed by atoms with Gasteiger partial charge in [0.25, 0.3) is 0 Å². The summed E-state index contributed by atoms with van der Waals surface area (Å²) in [5.74, 6) is 0. The van der Waals surface area contributed by atoms with Crippen LogP contribution in [0, 0.1) is 0 Å². The van der Waals surface area contributed by atoms with Crippen LogP contribution in [0.5, 0.6) is 0 Å². The lowest BCUT2D eigenvalue weighted by Crippen LogP contribution is -1.70. The van der Waals surface area contributed by atoms with Crippen LogP contribution in [-0.2, 0) is 0 Å². The molecule has 0 aliphatic rings. The fourth-order valence-electron chi connectivity index (χ4n) is 0.708. The summed E-state index contributed by atoms with van der Waals surface area (Å²) in [4.78, 5) is 7.46. The van der Waals surface area contributed by atoms with Gasteiger partial charge in [0.2, 0.25) is 0 Å². The van der Waals surface area contributed by atoms with Crippen LogP contribution in [0.2, 0.25) is 15.2 Å². The summed E-state index contributed by atoms with van der Waals surface area (Å²) < 4.78 is 0. The molecule has 2 nitrogen and oxygen atoms in total. The highest BCUT2D eigenvalue weighted by Gasteiger charge is 1.91. The third-order valence-electron chi connectivity index (χ3n) is 1.34. The highest BCUT2D eigenvalue weighted by atomic mass is 35.5. The summed E-state index contributed by atoms with van der Waals surface area (Å²) in [5.41, 5.74) is 0. The van der Waals surface area contributed by atoms with Gasteiger partial charge in [0.1, 0.15) is 5.15 Å². The summed E-state index contributed by atoms with van der Waals surface area (Å²) in [6.07, 6.45) is 4.88. The highest BCUT2D eigenvalue weighted by molar-refractivity contribution is 6.41. The van der Waals surface area contributed by atoms with Crippen molar-refractivity contribution in [3.63, 3.8) is 0 Å². The van der Waals surface area contributed by atoms with Gasteiger partial charge in [-0.1, -0.05) is 34.8 Å². The molecule has 0 saturated carbocycles. The number of nitrogens with zero attached hydrogens (tertiary/aromatic N) is 2. The first-order valence-electron chi connectivity index (χ1n) is 4.01. The predicted molar refractivity (Wildman–Crippen MR) is 63.5 cm³/mol. The number of rotatable bonds is 0. The fourth-order valence-corrected chi connectivity index (χ4v) is 1.08. The quantitative estimate of drug-likeness (QED) is 0.667. The van der Waals surface area contributed by atoms with Crippen molar-refractivity contribution < 1.29 is 0 Å². The Hall–Kier alpha value is -0.830. The zero-order chi connectivity index (χ0) is 11.1. The van der Waals surface area contributed by atoms with Gasteiger partial charge in [-0.3, -0.25) is 4.98 Å². The van der Waals surface area contributed by atoms with Crippen LogP contribution in [0.3, 0.4) is 0 Å². The largest absolute Gasteiger partial charge is 0.263 e. The van der Waals surface area contributed by atoms with Gasteiger partial charge in [-0.15, -0.1) is 0 Å². The predicted octanol–water partition coefficient (Wildman–Crippen LogP) is 4.12. The van der Waals surface area contributed by atoms with Gasteiger partial charge in [0.05, 0.1) is 10.0 Å². The van der Waals surface area contributed by atoms with Gasteiger partial charge in [0.15, 0.2) is 0 Å². The third-order valence-corrected chi connectivity index (χ3v) is 2.27. The molecule has 0 spiro atoms. The molecule has 0 aliphatic carbocycles.